The molecule has 0 amide bonds. The standard InChI is InChI=1S/C17H29N3O2/c1-11(2)10-20-16(12(3)4)15(9-18-20)19-14-7-5-13(6-8-14)17(21)22/h9,11-14,19H,5-8,10H2,1-4H3,(H,21,22). The van der Waals surface area contributed by atoms with Crippen LogP contribution < -0.4 is 5.32 Å². The molecule has 0 aromatic carbocycles. The normalized spacial score (nSPS) is 22.3. The summed E-state index contributed by atoms with van der Waals surface area (Å²) in [4.78, 5) is 11.0. The van der Waals surface area contributed by atoms with E-state index >= 15 is 0 Å². The Labute approximate surface area is 133 Å². The van der Waals surface area contributed by atoms with Gasteiger partial charge in [0, 0.05) is 12.6 Å². The summed E-state index contributed by atoms with van der Waals surface area (Å²) in [5.41, 5.74) is 2.38. The van der Waals surface area contributed by atoms with Crippen LogP contribution in [-0.4, -0.2) is 26.9 Å². The van der Waals surface area contributed by atoms with E-state index in [1.807, 2.05) is 6.20 Å². The molecule has 1 aliphatic rings. The summed E-state index contributed by atoms with van der Waals surface area (Å²) < 4.78 is 2.11. The third-order valence-electron chi connectivity index (χ3n) is 4.40. The van der Waals surface area contributed by atoms with Gasteiger partial charge in [0.15, 0.2) is 0 Å². The highest BCUT2D eigenvalue weighted by Gasteiger charge is 2.27. The number of hydrogen-bond acceptors (Lipinski definition) is 3. The van der Waals surface area contributed by atoms with Gasteiger partial charge in [-0.05, 0) is 37.5 Å². The first-order chi connectivity index (χ1) is 10.4. The van der Waals surface area contributed by atoms with E-state index in [2.05, 4.69) is 42.8 Å². The summed E-state index contributed by atoms with van der Waals surface area (Å²) in [6.07, 6.45) is 5.31. The van der Waals surface area contributed by atoms with Gasteiger partial charge in [0.1, 0.15) is 0 Å². The summed E-state index contributed by atoms with van der Waals surface area (Å²) in [5, 5.41) is 17.2. The van der Waals surface area contributed by atoms with E-state index in [0.29, 0.717) is 17.9 Å². The topological polar surface area (TPSA) is 67.2 Å². The lowest BCUT2D eigenvalue weighted by molar-refractivity contribution is -0.142. The number of nitrogens with one attached hydrogen (secondary N) is 1. The zero-order chi connectivity index (χ0) is 16.3. The number of nitrogens with zero attached hydrogens (tertiary/aromatic N) is 2. The summed E-state index contributed by atoms with van der Waals surface area (Å²) in [7, 11) is 0. The van der Waals surface area contributed by atoms with Crippen LogP contribution in [0, 0.1) is 11.8 Å². The highest BCUT2D eigenvalue weighted by Crippen LogP contribution is 2.30. The lowest BCUT2D eigenvalue weighted by Crippen LogP contribution is -2.29. The third-order valence-corrected chi connectivity index (χ3v) is 4.40. The number of carboxylic acids is 1. The Morgan fingerprint density at radius 2 is 1.95 bits per heavy atom. The number of anilines is 1. The van der Waals surface area contributed by atoms with Gasteiger partial charge in [-0.3, -0.25) is 9.48 Å². The first kappa shape index (κ1) is 16.8. The van der Waals surface area contributed by atoms with Crippen LogP contribution in [0.25, 0.3) is 0 Å². The molecule has 1 fully saturated rings. The number of aliphatic carboxylic acids is 1. The van der Waals surface area contributed by atoms with Crippen molar-refractivity contribution in [2.24, 2.45) is 11.8 Å². The van der Waals surface area contributed by atoms with E-state index < -0.39 is 5.97 Å². The number of carbonyl (C=O) groups is 1. The van der Waals surface area contributed by atoms with E-state index in [0.717, 1.165) is 37.9 Å². The van der Waals surface area contributed by atoms with Crippen molar-refractivity contribution in [3.63, 3.8) is 0 Å². The van der Waals surface area contributed by atoms with Crippen molar-refractivity contribution >= 4 is 11.7 Å². The molecule has 0 bridgehead atoms. The van der Waals surface area contributed by atoms with Crippen molar-refractivity contribution in [3.8, 4) is 0 Å². The Morgan fingerprint density at radius 3 is 2.45 bits per heavy atom. The van der Waals surface area contributed by atoms with Gasteiger partial charge in [-0.15, -0.1) is 0 Å². The van der Waals surface area contributed by atoms with Gasteiger partial charge in [0.2, 0.25) is 0 Å². The largest absolute Gasteiger partial charge is 0.481 e. The second kappa shape index (κ2) is 7.16. The third kappa shape index (κ3) is 4.02. The van der Waals surface area contributed by atoms with E-state index in [1.165, 1.54) is 5.69 Å². The molecular formula is C17H29N3O2. The molecule has 124 valence electrons. The Kier molecular flexibility index (Phi) is 5.48. The van der Waals surface area contributed by atoms with Gasteiger partial charge >= 0.3 is 5.97 Å². The molecule has 1 aromatic heterocycles. The Bertz CT molecular complexity index is 500. The van der Waals surface area contributed by atoms with Gasteiger partial charge in [0.05, 0.1) is 23.5 Å². The SMILES string of the molecule is CC(C)Cn1ncc(NC2CCC(C(=O)O)CC2)c1C(C)C. The van der Waals surface area contributed by atoms with Crippen molar-refractivity contribution < 1.29 is 9.90 Å². The van der Waals surface area contributed by atoms with Crippen molar-refractivity contribution in [1.82, 2.24) is 9.78 Å². The van der Waals surface area contributed by atoms with Crippen molar-refractivity contribution in [3.05, 3.63) is 11.9 Å². The molecule has 1 saturated carbocycles. The van der Waals surface area contributed by atoms with Crippen LogP contribution in [0.1, 0.15) is 65.0 Å². The average Bonchev–Trinajstić information content (AvgIpc) is 2.81. The van der Waals surface area contributed by atoms with E-state index in [-0.39, 0.29) is 5.92 Å². The molecule has 2 rings (SSSR count). The predicted molar refractivity (Wildman–Crippen MR) is 88.2 cm³/mol. The molecule has 2 N–H and O–H groups in total. The molecule has 1 aliphatic carbocycles. The minimum atomic E-state index is -0.647. The predicted octanol–water partition coefficient (Wildman–Crippen LogP) is 3.72. The zero-order valence-corrected chi connectivity index (χ0v) is 14.2. The van der Waals surface area contributed by atoms with Crippen LogP contribution in [0.5, 0.6) is 0 Å². The summed E-state index contributed by atoms with van der Waals surface area (Å²) in [5.74, 6) is 0.174. The number of aromatic nitrogens is 2. The molecule has 1 heterocycles. The fourth-order valence-corrected chi connectivity index (χ4v) is 3.31. The molecule has 0 aliphatic heterocycles. The number of rotatable bonds is 6. The lowest BCUT2D eigenvalue weighted by atomic mass is 9.86. The van der Waals surface area contributed by atoms with E-state index in [4.69, 9.17) is 5.11 Å². The first-order valence-corrected chi connectivity index (χ1v) is 8.43. The molecule has 22 heavy (non-hydrogen) atoms. The fourth-order valence-electron chi connectivity index (χ4n) is 3.31. The lowest BCUT2D eigenvalue weighted by Gasteiger charge is -2.28. The van der Waals surface area contributed by atoms with Crippen LogP contribution >= 0.6 is 0 Å². The van der Waals surface area contributed by atoms with Crippen LogP contribution in [0.2, 0.25) is 0 Å². The first-order valence-electron chi connectivity index (χ1n) is 8.43. The average molecular weight is 307 g/mol. The number of hydrogen-bond donors (Lipinski definition) is 2. The molecule has 0 spiro atoms. The Morgan fingerprint density at radius 1 is 1.32 bits per heavy atom. The maximum Gasteiger partial charge on any atom is 0.306 e. The maximum absolute atomic E-state index is 11.0. The highest BCUT2D eigenvalue weighted by molar-refractivity contribution is 5.70. The van der Waals surface area contributed by atoms with Crippen molar-refractivity contribution in [2.75, 3.05) is 5.32 Å². The van der Waals surface area contributed by atoms with Gasteiger partial charge in [-0.2, -0.15) is 5.10 Å². The van der Waals surface area contributed by atoms with Crippen molar-refractivity contribution in [2.45, 2.75) is 71.9 Å². The number of carboxylic acid groups (broad SMARTS) is 1. The maximum atomic E-state index is 11.0. The second-order valence-corrected chi connectivity index (χ2v) is 7.21. The van der Waals surface area contributed by atoms with Gasteiger partial charge < -0.3 is 10.4 Å². The van der Waals surface area contributed by atoms with E-state index in [9.17, 15) is 4.79 Å². The van der Waals surface area contributed by atoms with Gasteiger partial charge in [-0.1, -0.05) is 27.7 Å². The van der Waals surface area contributed by atoms with Gasteiger partial charge in [0.25, 0.3) is 0 Å². The van der Waals surface area contributed by atoms with Crippen molar-refractivity contribution in [1.29, 1.82) is 0 Å². The monoisotopic (exact) mass is 307 g/mol. The van der Waals surface area contributed by atoms with Crippen LogP contribution in [0.15, 0.2) is 6.20 Å². The summed E-state index contributed by atoms with van der Waals surface area (Å²) >= 11 is 0. The molecule has 0 unspecified atom stereocenters. The summed E-state index contributed by atoms with van der Waals surface area (Å²) in [6, 6.07) is 0.366. The smallest absolute Gasteiger partial charge is 0.306 e. The minimum Gasteiger partial charge on any atom is -0.481 e. The molecule has 0 atom stereocenters. The molecule has 5 nitrogen and oxygen atoms in total. The molecule has 1 aromatic rings. The second-order valence-electron chi connectivity index (χ2n) is 7.21. The molecule has 0 saturated heterocycles. The summed E-state index contributed by atoms with van der Waals surface area (Å²) in [6.45, 7) is 9.72. The van der Waals surface area contributed by atoms with E-state index in [1.54, 1.807) is 0 Å². The molecular weight excluding hydrogens is 278 g/mol. The van der Waals surface area contributed by atoms with Crippen LogP contribution in [0.3, 0.4) is 0 Å². The fraction of sp³-hybridized carbons (Fsp3) is 0.765. The van der Waals surface area contributed by atoms with Crippen LogP contribution in [0.4, 0.5) is 5.69 Å². The molecule has 0 radical (unpaired) electrons. The minimum absolute atomic E-state index is 0.161. The molecule has 5 heteroatoms. The zero-order valence-electron chi connectivity index (χ0n) is 14.2. The van der Waals surface area contributed by atoms with Gasteiger partial charge in [-0.25, -0.2) is 0 Å². The van der Waals surface area contributed by atoms with Crippen LogP contribution in [-0.2, 0) is 11.3 Å². The highest BCUT2D eigenvalue weighted by atomic mass is 16.4. The Balaban J connectivity index is 2.04. The Hall–Kier alpha value is -1.52. The quantitative estimate of drug-likeness (QED) is 0.840.